The summed E-state index contributed by atoms with van der Waals surface area (Å²) in [5.41, 5.74) is 21.1. The molecule has 1 aliphatic carbocycles. The minimum absolute atomic E-state index is 0.0830. The third-order valence-electron chi connectivity index (χ3n) is 7.25. The smallest absolute Gasteiger partial charge is 0.223 e. The zero-order valence-corrected chi connectivity index (χ0v) is 22.1. The summed E-state index contributed by atoms with van der Waals surface area (Å²) < 4.78 is 6.00. The maximum atomic E-state index is 13.3. The van der Waals surface area contributed by atoms with Gasteiger partial charge >= 0.3 is 0 Å². The standard InChI is InChI=1S/C27H34N8O2S/c28-24(32-33-30)17-34(19-7-3-1-4-8-19)25(36)14-13-23-26(38-23)35-16-18-15-21(11-12-22(18)31-27(35)29)37-20-9-5-2-6-10-20/h2,5-6,9-12,15,19,23,26H,1,3-4,7-8,13-14,16-17H2,(H2,29,31)(H3,28,30,32). The molecule has 0 bridgehead atoms. The third-order valence-corrected chi connectivity index (χ3v) is 8.64. The first-order valence-electron chi connectivity index (χ1n) is 13.1. The number of thioether (sulfide) groups is 1. The van der Waals surface area contributed by atoms with Crippen LogP contribution in [0.4, 0.5) is 5.69 Å². The Morgan fingerprint density at radius 1 is 1.16 bits per heavy atom. The van der Waals surface area contributed by atoms with Gasteiger partial charge in [-0.1, -0.05) is 42.7 Å². The zero-order chi connectivity index (χ0) is 26.5. The fourth-order valence-electron chi connectivity index (χ4n) is 5.27. The van der Waals surface area contributed by atoms with E-state index in [0.717, 1.165) is 54.9 Å². The summed E-state index contributed by atoms with van der Waals surface area (Å²) in [5, 5.41) is 7.14. The Bertz CT molecular complexity index is 1210. The molecule has 5 N–H and O–H groups in total. The predicted octanol–water partition coefficient (Wildman–Crippen LogP) is 4.93. The first kappa shape index (κ1) is 26.0. The average Bonchev–Trinajstić information content (AvgIpc) is 3.71. The molecule has 1 amide bonds. The zero-order valence-electron chi connectivity index (χ0n) is 21.3. The summed E-state index contributed by atoms with van der Waals surface area (Å²) in [6, 6.07) is 15.7. The van der Waals surface area contributed by atoms with Crippen molar-refractivity contribution >= 4 is 35.2 Å². The molecule has 5 rings (SSSR count). The van der Waals surface area contributed by atoms with Crippen LogP contribution in [0, 0.1) is 5.53 Å². The summed E-state index contributed by atoms with van der Waals surface area (Å²) in [4.78, 5) is 21.9. The van der Waals surface area contributed by atoms with E-state index in [1.165, 1.54) is 6.42 Å². The van der Waals surface area contributed by atoms with Crippen LogP contribution in [0.25, 0.3) is 0 Å². The number of rotatable bonds is 10. The molecule has 0 radical (unpaired) electrons. The van der Waals surface area contributed by atoms with Crippen molar-refractivity contribution in [3.63, 3.8) is 0 Å². The summed E-state index contributed by atoms with van der Waals surface area (Å²) in [7, 11) is 0. The maximum absolute atomic E-state index is 13.3. The number of hydrogen-bond donors (Lipinski definition) is 3. The highest BCUT2D eigenvalue weighted by Crippen LogP contribution is 2.48. The van der Waals surface area contributed by atoms with Crippen LogP contribution in [0.15, 0.2) is 63.8 Å². The molecule has 0 spiro atoms. The second-order valence-corrected chi connectivity index (χ2v) is 11.3. The van der Waals surface area contributed by atoms with E-state index in [2.05, 4.69) is 20.2 Å². The SMILES string of the molecule is N=NN=C(N)CN(C(=O)CCC1SC1N1Cc2cc(Oc3ccccc3)ccc2N=C1N)C1CCCCC1. The number of carbonyl (C=O) groups is 1. The van der Waals surface area contributed by atoms with Crippen LogP contribution in [-0.2, 0) is 11.3 Å². The quantitative estimate of drug-likeness (QED) is 0.130. The number of guanidine groups is 1. The highest BCUT2D eigenvalue weighted by molar-refractivity contribution is 8.07. The monoisotopic (exact) mass is 534 g/mol. The summed E-state index contributed by atoms with van der Waals surface area (Å²) in [6.07, 6.45) is 6.58. The van der Waals surface area contributed by atoms with Crippen molar-refractivity contribution in [2.75, 3.05) is 6.54 Å². The van der Waals surface area contributed by atoms with E-state index in [9.17, 15) is 4.79 Å². The van der Waals surface area contributed by atoms with Gasteiger partial charge in [-0.2, -0.15) is 5.53 Å². The predicted molar refractivity (Wildman–Crippen MR) is 150 cm³/mol. The van der Waals surface area contributed by atoms with Crippen LogP contribution < -0.4 is 16.2 Å². The van der Waals surface area contributed by atoms with E-state index >= 15 is 0 Å². The number of nitrogens with two attached hydrogens (primary N) is 2. The molecule has 38 heavy (non-hydrogen) atoms. The highest BCUT2D eigenvalue weighted by atomic mass is 32.2. The van der Waals surface area contributed by atoms with Crippen molar-refractivity contribution in [1.82, 2.24) is 9.80 Å². The lowest BCUT2D eigenvalue weighted by molar-refractivity contribution is -0.133. The van der Waals surface area contributed by atoms with Crippen LogP contribution in [-0.4, -0.2) is 50.7 Å². The van der Waals surface area contributed by atoms with Crippen LogP contribution in [0.2, 0.25) is 0 Å². The van der Waals surface area contributed by atoms with Crippen LogP contribution in [0.5, 0.6) is 11.5 Å². The number of ether oxygens (including phenoxy) is 1. The largest absolute Gasteiger partial charge is 0.457 e. The third kappa shape index (κ3) is 6.27. The van der Waals surface area contributed by atoms with Crippen molar-refractivity contribution in [3.05, 3.63) is 54.1 Å². The van der Waals surface area contributed by atoms with E-state index in [1.54, 1.807) is 0 Å². The number of amidine groups is 1. The van der Waals surface area contributed by atoms with E-state index in [0.29, 0.717) is 24.2 Å². The Kier molecular flexibility index (Phi) is 8.11. The minimum Gasteiger partial charge on any atom is -0.457 e. The first-order chi connectivity index (χ1) is 18.5. The number of nitrogens with zero attached hydrogens (tertiary/aromatic N) is 5. The van der Waals surface area contributed by atoms with Gasteiger partial charge in [0.05, 0.1) is 17.6 Å². The molecule has 200 valence electrons. The van der Waals surface area contributed by atoms with Crippen LogP contribution in [0.1, 0.15) is 50.5 Å². The number of hydrogen-bond acceptors (Lipinski definition) is 8. The maximum Gasteiger partial charge on any atom is 0.223 e. The summed E-state index contributed by atoms with van der Waals surface area (Å²) in [6.45, 7) is 0.875. The van der Waals surface area contributed by atoms with Gasteiger partial charge < -0.3 is 26.0 Å². The van der Waals surface area contributed by atoms with Crippen molar-refractivity contribution in [3.8, 4) is 11.5 Å². The van der Waals surface area contributed by atoms with Gasteiger partial charge in [0, 0.05) is 29.8 Å². The molecular formula is C27H34N8O2S. The van der Waals surface area contributed by atoms with E-state index < -0.39 is 0 Å². The Morgan fingerprint density at radius 2 is 1.95 bits per heavy atom. The number of aliphatic imine (C=N–C) groups is 1. The fourth-order valence-corrected chi connectivity index (χ4v) is 6.40. The van der Waals surface area contributed by atoms with E-state index in [-0.39, 0.29) is 29.7 Å². The Morgan fingerprint density at radius 3 is 2.71 bits per heavy atom. The molecule has 2 unspecified atom stereocenters. The van der Waals surface area contributed by atoms with Gasteiger partial charge in [-0.15, -0.1) is 16.9 Å². The van der Waals surface area contributed by atoms with Gasteiger partial charge in [-0.25, -0.2) is 4.99 Å². The lowest BCUT2D eigenvalue weighted by Crippen LogP contribution is -2.46. The fraction of sp³-hybridized carbons (Fsp3) is 0.444. The van der Waals surface area contributed by atoms with E-state index in [1.807, 2.05) is 65.2 Å². The molecule has 0 aromatic heterocycles. The molecule has 2 aromatic carbocycles. The number of para-hydroxylation sites is 1. The van der Waals surface area contributed by atoms with Gasteiger partial charge in [0.1, 0.15) is 17.3 Å². The van der Waals surface area contributed by atoms with Gasteiger partial charge in [-0.3, -0.25) is 4.79 Å². The number of amides is 1. The molecule has 2 aromatic rings. The van der Waals surface area contributed by atoms with Crippen molar-refractivity contribution < 1.29 is 9.53 Å². The molecule has 2 fully saturated rings. The number of benzene rings is 2. The molecule has 2 atom stereocenters. The molecule has 3 aliphatic rings. The summed E-state index contributed by atoms with van der Waals surface area (Å²) in [5.74, 6) is 2.34. The lowest BCUT2D eigenvalue weighted by Gasteiger charge is -2.34. The van der Waals surface area contributed by atoms with Crippen molar-refractivity contribution in [2.45, 2.75) is 68.2 Å². The van der Waals surface area contributed by atoms with Crippen molar-refractivity contribution in [1.29, 1.82) is 5.53 Å². The Labute approximate surface area is 227 Å². The molecule has 1 saturated heterocycles. The second kappa shape index (κ2) is 11.8. The first-order valence-corrected chi connectivity index (χ1v) is 14.1. The minimum atomic E-state index is 0.0830. The Balaban J connectivity index is 1.18. The molecule has 1 saturated carbocycles. The molecule has 11 heteroatoms. The van der Waals surface area contributed by atoms with E-state index in [4.69, 9.17) is 21.7 Å². The average molecular weight is 535 g/mol. The summed E-state index contributed by atoms with van der Waals surface area (Å²) >= 11 is 1.81. The second-order valence-electron chi connectivity index (χ2n) is 9.91. The van der Waals surface area contributed by atoms with Gasteiger partial charge in [0.15, 0.2) is 5.96 Å². The highest BCUT2D eigenvalue weighted by Gasteiger charge is 2.45. The molecule has 2 heterocycles. The van der Waals surface area contributed by atoms with Crippen molar-refractivity contribution in [2.24, 2.45) is 26.8 Å². The Hall–Kier alpha value is -3.60. The van der Waals surface area contributed by atoms with Crippen LogP contribution in [0.3, 0.4) is 0 Å². The number of nitrogens with one attached hydrogen (secondary N) is 1. The van der Waals surface area contributed by atoms with Crippen LogP contribution >= 0.6 is 11.8 Å². The van der Waals surface area contributed by atoms with Gasteiger partial charge in [0.2, 0.25) is 5.91 Å². The number of fused-ring (bicyclic) bond motifs is 1. The molecular weight excluding hydrogens is 500 g/mol. The lowest BCUT2D eigenvalue weighted by atomic mass is 9.93. The topological polar surface area (TPSA) is 146 Å². The van der Waals surface area contributed by atoms with Gasteiger partial charge in [0.25, 0.3) is 0 Å². The molecule has 2 aliphatic heterocycles. The number of carbonyl (C=O) groups excluding carboxylic acids is 1. The molecule has 10 nitrogen and oxygen atoms in total. The normalized spacial score (nSPS) is 21.3. The van der Waals surface area contributed by atoms with Gasteiger partial charge in [-0.05, 0) is 49.6 Å².